The average molecular weight is 266 g/mol. The highest BCUT2D eigenvalue weighted by molar-refractivity contribution is 7.80. The molecule has 0 aromatic heterocycles. The smallest absolute Gasteiger partial charge is 0.122 e. The molecule has 1 nitrogen and oxygen atoms in total. The van der Waals surface area contributed by atoms with E-state index in [1.165, 1.54) is 11.1 Å². The van der Waals surface area contributed by atoms with Crippen LogP contribution in [0.4, 0.5) is 0 Å². The minimum Gasteiger partial charge on any atom is -0.493 e. The number of rotatable bonds is 7. The first kappa shape index (κ1) is 15.4. The maximum atomic E-state index is 5.97. The highest BCUT2D eigenvalue weighted by Gasteiger charge is 2.08. The second-order valence-electron chi connectivity index (χ2n) is 5.45. The normalized spacial score (nSPS) is 12.8. The Labute approximate surface area is 117 Å². The van der Waals surface area contributed by atoms with E-state index in [0.717, 1.165) is 31.0 Å². The molecule has 0 aliphatic heterocycles. The van der Waals surface area contributed by atoms with Gasteiger partial charge >= 0.3 is 0 Å². The van der Waals surface area contributed by atoms with Crippen LogP contribution in [0.3, 0.4) is 0 Å². The second kappa shape index (κ2) is 7.73. The first-order valence-electron chi connectivity index (χ1n) is 6.88. The summed E-state index contributed by atoms with van der Waals surface area (Å²) < 4.78 is 5.97. The summed E-state index contributed by atoms with van der Waals surface area (Å²) in [5.41, 5.74) is 2.57. The van der Waals surface area contributed by atoms with Crippen LogP contribution in [0.2, 0.25) is 0 Å². The molecule has 1 atom stereocenters. The Bertz CT molecular complexity index is 360. The molecular formula is C16H26OS. The predicted octanol–water partition coefficient (Wildman–Crippen LogP) is 4.84. The minimum absolute atomic E-state index is 0.510. The summed E-state index contributed by atoms with van der Waals surface area (Å²) in [7, 11) is 0. The molecule has 1 aromatic carbocycles. The lowest BCUT2D eigenvalue weighted by Gasteiger charge is -2.16. The molecule has 0 spiro atoms. The molecule has 0 aliphatic carbocycles. The van der Waals surface area contributed by atoms with Gasteiger partial charge in [0.15, 0.2) is 0 Å². The molecule has 2 heteroatoms. The van der Waals surface area contributed by atoms with Crippen molar-refractivity contribution in [1.82, 2.24) is 0 Å². The highest BCUT2D eigenvalue weighted by Crippen LogP contribution is 2.27. The van der Waals surface area contributed by atoms with Gasteiger partial charge < -0.3 is 4.74 Å². The third kappa shape index (κ3) is 4.93. The molecule has 1 aromatic rings. The van der Waals surface area contributed by atoms with Crippen LogP contribution in [0.1, 0.15) is 50.7 Å². The first-order valence-corrected chi connectivity index (χ1v) is 7.52. The van der Waals surface area contributed by atoms with Crippen LogP contribution in [-0.2, 0) is 0 Å². The molecule has 1 unspecified atom stereocenters. The van der Waals surface area contributed by atoms with Crippen molar-refractivity contribution in [2.45, 2.75) is 46.5 Å². The van der Waals surface area contributed by atoms with Gasteiger partial charge in [-0.2, -0.15) is 12.6 Å². The lowest BCUT2D eigenvalue weighted by atomic mass is 10.0. The highest BCUT2D eigenvalue weighted by atomic mass is 32.1. The third-order valence-electron chi connectivity index (χ3n) is 3.28. The second-order valence-corrected chi connectivity index (χ2v) is 5.90. The predicted molar refractivity (Wildman–Crippen MR) is 83.0 cm³/mol. The van der Waals surface area contributed by atoms with Gasteiger partial charge in [0.05, 0.1) is 6.61 Å². The summed E-state index contributed by atoms with van der Waals surface area (Å²) in [6.07, 6.45) is 2.27. The molecule has 0 saturated heterocycles. The van der Waals surface area contributed by atoms with Crippen molar-refractivity contribution in [1.29, 1.82) is 0 Å². The molecule has 0 fully saturated rings. The summed E-state index contributed by atoms with van der Waals surface area (Å²) >= 11 is 4.27. The van der Waals surface area contributed by atoms with Crippen LogP contribution in [0.15, 0.2) is 18.2 Å². The molecule has 0 bridgehead atoms. The van der Waals surface area contributed by atoms with Crippen molar-refractivity contribution >= 4 is 12.6 Å². The Kier molecular flexibility index (Phi) is 6.62. The van der Waals surface area contributed by atoms with Crippen molar-refractivity contribution in [2.75, 3.05) is 12.4 Å². The molecule has 1 rings (SSSR count). The van der Waals surface area contributed by atoms with Gasteiger partial charge in [-0.15, -0.1) is 0 Å². The number of ether oxygens (including phenoxy) is 1. The van der Waals surface area contributed by atoms with E-state index < -0.39 is 0 Å². The zero-order valence-corrected chi connectivity index (χ0v) is 13.0. The molecule has 0 aliphatic rings. The quantitative estimate of drug-likeness (QED) is 0.695. The first-order chi connectivity index (χ1) is 8.54. The van der Waals surface area contributed by atoms with Gasteiger partial charge in [-0.1, -0.05) is 32.9 Å². The Morgan fingerprint density at radius 2 is 1.89 bits per heavy atom. The molecular weight excluding hydrogens is 240 g/mol. The van der Waals surface area contributed by atoms with E-state index in [1.54, 1.807) is 0 Å². The maximum Gasteiger partial charge on any atom is 0.122 e. The summed E-state index contributed by atoms with van der Waals surface area (Å²) in [5, 5.41) is 0. The Morgan fingerprint density at radius 3 is 2.50 bits per heavy atom. The van der Waals surface area contributed by atoms with Crippen molar-refractivity contribution < 1.29 is 4.74 Å². The van der Waals surface area contributed by atoms with Gasteiger partial charge in [-0.3, -0.25) is 0 Å². The Hall–Kier alpha value is -0.630. The number of hydrogen-bond acceptors (Lipinski definition) is 2. The summed E-state index contributed by atoms with van der Waals surface area (Å²) in [5.74, 6) is 3.22. The number of hydrogen-bond donors (Lipinski definition) is 1. The monoisotopic (exact) mass is 266 g/mol. The lowest BCUT2D eigenvalue weighted by Crippen LogP contribution is -2.06. The minimum atomic E-state index is 0.510. The molecule has 0 radical (unpaired) electrons. The fourth-order valence-corrected chi connectivity index (χ4v) is 2.42. The van der Waals surface area contributed by atoms with Gasteiger partial charge in [0.2, 0.25) is 0 Å². The number of aryl methyl sites for hydroxylation is 1. The van der Waals surface area contributed by atoms with Crippen molar-refractivity contribution in [3.63, 3.8) is 0 Å². The molecule has 0 saturated carbocycles. The van der Waals surface area contributed by atoms with Crippen LogP contribution in [-0.4, -0.2) is 12.4 Å². The number of benzene rings is 1. The number of thiol groups is 1. The summed E-state index contributed by atoms with van der Waals surface area (Å²) in [4.78, 5) is 0. The van der Waals surface area contributed by atoms with E-state index in [9.17, 15) is 0 Å². The Morgan fingerprint density at radius 1 is 1.17 bits per heavy atom. The van der Waals surface area contributed by atoms with Gasteiger partial charge in [0.1, 0.15) is 5.75 Å². The van der Waals surface area contributed by atoms with Gasteiger partial charge in [0, 0.05) is 0 Å². The summed E-state index contributed by atoms with van der Waals surface area (Å²) in [6.45, 7) is 9.60. The fraction of sp³-hybridized carbons (Fsp3) is 0.625. The largest absolute Gasteiger partial charge is 0.493 e. The van der Waals surface area contributed by atoms with Gasteiger partial charge in [0.25, 0.3) is 0 Å². The summed E-state index contributed by atoms with van der Waals surface area (Å²) in [6, 6.07) is 6.50. The average Bonchev–Trinajstić information content (AvgIpc) is 2.29. The lowest BCUT2D eigenvalue weighted by molar-refractivity contribution is 0.279. The van der Waals surface area contributed by atoms with E-state index in [1.807, 2.05) is 0 Å². The molecule has 102 valence electrons. The van der Waals surface area contributed by atoms with E-state index in [0.29, 0.717) is 11.8 Å². The van der Waals surface area contributed by atoms with E-state index in [-0.39, 0.29) is 0 Å². The van der Waals surface area contributed by atoms with E-state index in [2.05, 4.69) is 58.5 Å². The van der Waals surface area contributed by atoms with Gasteiger partial charge in [-0.25, -0.2) is 0 Å². The van der Waals surface area contributed by atoms with E-state index in [4.69, 9.17) is 4.74 Å². The third-order valence-corrected chi connectivity index (χ3v) is 3.54. The van der Waals surface area contributed by atoms with Crippen LogP contribution in [0, 0.1) is 12.8 Å². The van der Waals surface area contributed by atoms with Crippen LogP contribution in [0.5, 0.6) is 5.75 Å². The van der Waals surface area contributed by atoms with Gasteiger partial charge in [-0.05, 0) is 54.5 Å². The maximum absolute atomic E-state index is 5.97. The molecule has 0 heterocycles. The van der Waals surface area contributed by atoms with E-state index >= 15 is 0 Å². The fourth-order valence-electron chi connectivity index (χ4n) is 1.98. The molecule has 18 heavy (non-hydrogen) atoms. The molecule has 0 N–H and O–H groups in total. The topological polar surface area (TPSA) is 9.23 Å². The zero-order chi connectivity index (χ0) is 13.5. The van der Waals surface area contributed by atoms with Crippen LogP contribution >= 0.6 is 12.6 Å². The van der Waals surface area contributed by atoms with Crippen molar-refractivity contribution in [3.05, 3.63) is 29.3 Å². The SMILES string of the molecule is Cc1ccc(C(C)C)c(OCCC(C)CCS)c1. The standard InChI is InChI=1S/C16H26OS/c1-12(2)15-6-5-14(4)11-16(15)17-9-7-13(3)8-10-18/h5-6,11-13,18H,7-10H2,1-4H3. The van der Waals surface area contributed by atoms with Crippen LogP contribution in [0.25, 0.3) is 0 Å². The molecule has 0 amide bonds. The van der Waals surface area contributed by atoms with Crippen LogP contribution < -0.4 is 4.74 Å². The zero-order valence-electron chi connectivity index (χ0n) is 12.1. The Balaban J connectivity index is 2.58. The van der Waals surface area contributed by atoms with Crippen molar-refractivity contribution in [2.24, 2.45) is 5.92 Å². The van der Waals surface area contributed by atoms with Crippen molar-refractivity contribution in [3.8, 4) is 5.75 Å².